The molecule has 0 radical (unpaired) electrons. The van der Waals surface area contributed by atoms with Crippen LogP contribution in [0.3, 0.4) is 0 Å². The van der Waals surface area contributed by atoms with Crippen molar-refractivity contribution in [2.75, 3.05) is 18.4 Å². The zero-order valence-corrected chi connectivity index (χ0v) is 13.1. The number of anilines is 1. The Bertz CT molecular complexity index is 703. The Morgan fingerprint density at radius 1 is 1.21 bits per heavy atom. The van der Waals surface area contributed by atoms with Gasteiger partial charge >= 0.3 is 6.03 Å². The lowest BCUT2D eigenvalue weighted by molar-refractivity contribution is 0.182. The number of aromatic nitrogens is 2. The predicted molar refractivity (Wildman–Crippen MR) is 85.4 cm³/mol. The first-order valence-corrected chi connectivity index (χ1v) is 7.89. The van der Waals surface area contributed by atoms with Crippen molar-refractivity contribution in [3.63, 3.8) is 0 Å². The van der Waals surface area contributed by atoms with Gasteiger partial charge in [0, 0.05) is 13.1 Å². The summed E-state index contributed by atoms with van der Waals surface area (Å²) in [5, 5.41) is 10.1. The number of hydrogen-bond donors (Lipinski definition) is 1. The van der Waals surface area contributed by atoms with Gasteiger partial charge in [0.1, 0.15) is 0 Å². The van der Waals surface area contributed by atoms with Gasteiger partial charge in [-0.1, -0.05) is 12.1 Å². The summed E-state index contributed by atoms with van der Waals surface area (Å²) < 4.78 is 27.0. The van der Waals surface area contributed by atoms with E-state index < -0.39 is 11.6 Å². The van der Waals surface area contributed by atoms with Crippen molar-refractivity contribution in [1.82, 2.24) is 15.1 Å². The van der Waals surface area contributed by atoms with Crippen molar-refractivity contribution in [2.45, 2.75) is 19.3 Å². The van der Waals surface area contributed by atoms with Crippen LogP contribution in [0.2, 0.25) is 0 Å². The molecule has 0 bridgehead atoms. The Labute approximate surface area is 138 Å². The zero-order valence-electron chi connectivity index (χ0n) is 13.1. The highest BCUT2D eigenvalue weighted by molar-refractivity contribution is 5.89. The number of piperidine rings is 1. The smallest absolute Gasteiger partial charge is 0.321 e. The summed E-state index contributed by atoms with van der Waals surface area (Å²) >= 11 is 0. The van der Waals surface area contributed by atoms with Crippen LogP contribution >= 0.6 is 0 Å². The fraction of sp³-hybridized carbons (Fsp3) is 0.353. The van der Waals surface area contributed by atoms with E-state index in [0.29, 0.717) is 30.8 Å². The maximum atomic E-state index is 13.7. The topological polar surface area (TPSA) is 58.1 Å². The van der Waals surface area contributed by atoms with E-state index >= 15 is 0 Å². The summed E-state index contributed by atoms with van der Waals surface area (Å²) in [5.41, 5.74) is 1.000. The van der Waals surface area contributed by atoms with E-state index in [-0.39, 0.29) is 11.9 Å². The third-order valence-corrected chi connectivity index (χ3v) is 4.28. The van der Waals surface area contributed by atoms with Crippen LogP contribution < -0.4 is 5.32 Å². The second-order valence-corrected chi connectivity index (χ2v) is 5.91. The molecule has 0 spiro atoms. The Balaban J connectivity index is 1.52. The Morgan fingerprint density at radius 2 is 2.00 bits per heavy atom. The van der Waals surface area contributed by atoms with E-state index in [1.54, 1.807) is 17.0 Å². The molecule has 5 nitrogen and oxygen atoms in total. The maximum absolute atomic E-state index is 13.7. The third kappa shape index (κ3) is 3.84. The van der Waals surface area contributed by atoms with Crippen molar-refractivity contribution in [2.24, 2.45) is 5.92 Å². The lowest BCUT2D eigenvalue weighted by Crippen LogP contribution is -2.41. The van der Waals surface area contributed by atoms with Crippen molar-refractivity contribution in [1.29, 1.82) is 0 Å². The number of urea groups is 1. The molecule has 0 aliphatic carbocycles. The molecule has 126 valence electrons. The molecule has 1 N–H and O–H groups in total. The van der Waals surface area contributed by atoms with Gasteiger partial charge in [0.2, 0.25) is 0 Å². The minimum Gasteiger partial charge on any atom is -0.325 e. The van der Waals surface area contributed by atoms with Crippen molar-refractivity contribution in [3.8, 4) is 0 Å². The number of carbonyl (C=O) groups is 1. The molecular weight excluding hydrogens is 314 g/mol. The standard InChI is InChI=1S/C17H18F2N4O/c18-15-3-1-2-13(16(15)19)10-12-5-8-23(9-6-12)17(24)22-14-4-7-20-21-11-14/h1-4,7,11-12H,5-6,8-10H2,(H,20,22,24). The van der Waals surface area contributed by atoms with Gasteiger partial charge < -0.3 is 10.2 Å². The second kappa shape index (κ2) is 7.33. The number of amides is 2. The van der Waals surface area contributed by atoms with Crippen molar-refractivity contribution >= 4 is 11.7 Å². The normalized spacial score (nSPS) is 15.3. The number of nitrogens with zero attached hydrogens (tertiary/aromatic N) is 3. The van der Waals surface area contributed by atoms with Crippen molar-refractivity contribution < 1.29 is 13.6 Å². The van der Waals surface area contributed by atoms with E-state index in [0.717, 1.165) is 18.9 Å². The number of nitrogens with one attached hydrogen (secondary N) is 1. The van der Waals surface area contributed by atoms with E-state index in [1.165, 1.54) is 18.5 Å². The Morgan fingerprint density at radius 3 is 2.71 bits per heavy atom. The van der Waals surface area contributed by atoms with Crippen LogP contribution in [0.5, 0.6) is 0 Å². The van der Waals surface area contributed by atoms with Crippen LogP contribution in [0.15, 0.2) is 36.7 Å². The summed E-state index contributed by atoms with van der Waals surface area (Å²) in [6.07, 6.45) is 5.01. The molecule has 3 rings (SSSR count). The van der Waals surface area contributed by atoms with Gasteiger partial charge in [0.25, 0.3) is 0 Å². The first kappa shape index (κ1) is 16.3. The molecule has 24 heavy (non-hydrogen) atoms. The number of likely N-dealkylation sites (tertiary alicyclic amines) is 1. The molecule has 1 aromatic heterocycles. The number of halogens is 2. The Hall–Kier alpha value is -2.57. The zero-order chi connectivity index (χ0) is 16.9. The maximum Gasteiger partial charge on any atom is 0.321 e. The monoisotopic (exact) mass is 332 g/mol. The highest BCUT2D eigenvalue weighted by Crippen LogP contribution is 2.24. The summed E-state index contributed by atoms with van der Waals surface area (Å²) in [4.78, 5) is 13.9. The lowest BCUT2D eigenvalue weighted by Gasteiger charge is -2.32. The largest absolute Gasteiger partial charge is 0.325 e. The fourth-order valence-corrected chi connectivity index (χ4v) is 2.92. The first-order chi connectivity index (χ1) is 11.6. The SMILES string of the molecule is O=C(Nc1ccnnc1)N1CCC(Cc2cccc(F)c2F)CC1. The molecule has 1 aliphatic rings. The van der Waals surface area contributed by atoms with Crippen LogP contribution in [-0.2, 0) is 6.42 Å². The van der Waals surface area contributed by atoms with E-state index in [1.807, 2.05) is 0 Å². The van der Waals surface area contributed by atoms with Crippen LogP contribution in [0.4, 0.5) is 19.3 Å². The number of rotatable bonds is 3. The minimum absolute atomic E-state index is 0.182. The van der Waals surface area contributed by atoms with Crippen LogP contribution in [0.25, 0.3) is 0 Å². The number of carbonyl (C=O) groups excluding carboxylic acids is 1. The molecule has 0 atom stereocenters. The molecule has 2 amide bonds. The number of benzene rings is 1. The molecule has 1 aliphatic heterocycles. The van der Waals surface area contributed by atoms with Gasteiger partial charge in [-0.2, -0.15) is 10.2 Å². The molecule has 0 unspecified atom stereocenters. The average Bonchev–Trinajstić information content (AvgIpc) is 2.60. The van der Waals surface area contributed by atoms with E-state index in [9.17, 15) is 13.6 Å². The van der Waals surface area contributed by atoms with Crippen molar-refractivity contribution in [3.05, 3.63) is 53.9 Å². The minimum atomic E-state index is -0.810. The lowest BCUT2D eigenvalue weighted by atomic mass is 9.90. The first-order valence-electron chi connectivity index (χ1n) is 7.89. The summed E-state index contributed by atoms with van der Waals surface area (Å²) in [6, 6.07) is 5.76. The third-order valence-electron chi connectivity index (χ3n) is 4.28. The summed E-state index contributed by atoms with van der Waals surface area (Å²) in [7, 11) is 0. The van der Waals surface area contributed by atoms with Gasteiger partial charge in [-0.05, 0) is 42.9 Å². The van der Waals surface area contributed by atoms with Gasteiger partial charge in [-0.3, -0.25) is 0 Å². The number of hydrogen-bond acceptors (Lipinski definition) is 3. The molecular formula is C17H18F2N4O. The highest BCUT2D eigenvalue weighted by Gasteiger charge is 2.24. The highest BCUT2D eigenvalue weighted by atomic mass is 19.2. The molecule has 7 heteroatoms. The molecule has 1 saturated heterocycles. The molecule has 0 saturated carbocycles. The molecule has 2 aromatic rings. The van der Waals surface area contributed by atoms with Gasteiger partial charge in [0.15, 0.2) is 11.6 Å². The summed E-state index contributed by atoms with van der Waals surface area (Å²) in [5.74, 6) is -1.33. The molecule has 1 fully saturated rings. The average molecular weight is 332 g/mol. The van der Waals surface area contributed by atoms with Gasteiger partial charge in [-0.25, -0.2) is 13.6 Å². The van der Waals surface area contributed by atoms with Crippen LogP contribution in [0, 0.1) is 17.6 Å². The van der Waals surface area contributed by atoms with E-state index in [4.69, 9.17) is 0 Å². The second-order valence-electron chi connectivity index (χ2n) is 5.91. The predicted octanol–water partition coefficient (Wildman–Crippen LogP) is 3.24. The molecule has 1 aromatic carbocycles. The quantitative estimate of drug-likeness (QED) is 0.939. The van der Waals surface area contributed by atoms with E-state index in [2.05, 4.69) is 15.5 Å². The summed E-state index contributed by atoms with van der Waals surface area (Å²) in [6.45, 7) is 1.18. The van der Waals surface area contributed by atoms with Gasteiger partial charge in [-0.15, -0.1) is 0 Å². The fourth-order valence-electron chi connectivity index (χ4n) is 2.92. The van der Waals surface area contributed by atoms with Crippen LogP contribution in [0.1, 0.15) is 18.4 Å². The Kier molecular flexibility index (Phi) is 4.98. The van der Waals surface area contributed by atoms with Gasteiger partial charge in [0.05, 0.1) is 18.1 Å². The van der Waals surface area contributed by atoms with Crippen LogP contribution in [-0.4, -0.2) is 34.2 Å². The molecule has 2 heterocycles.